The van der Waals surface area contributed by atoms with Crippen molar-refractivity contribution in [3.05, 3.63) is 83.3 Å². The molecule has 0 spiro atoms. The number of nitrogens with zero attached hydrogens (tertiary/aromatic N) is 2. The summed E-state index contributed by atoms with van der Waals surface area (Å²) in [6, 6.07) is 16.5. The van der Waals surface area contributed by atoms with Crippen LogP contribution in [0.25, 0.3) is 23.1 Å². The zero-order chi connectivity index (χ0) is 23.9. The van der Waals surface area contributed by atoms with Crippen molar-refractivity contribution in [2.45, 2.75) is 13.3 Å². The van der Waals surface area contributed by atoms with Crippen molar-refractivity contribution in [2.24, 2.45) is 0 Å². The molecular formula is C25H23N5O4. The van der Waals surface area contributed by atoms with Crippen molar-refractivity contribution in [1.82, 2.24) is 15.2 Å². The number of rotatable bonds is 7. The summed E-state index contributed by atoms with van der Waals surface area (Å²) in [7, 11) is 0. The van der Waals surface area contributed by atoms with Gasteiger partial charge in [-0.3, -0.25) is 20.7 Å². The van der Waals surface area contributed by atoms with Crippen LogP contribution in [0.2, 0.25) is 0 Å². The summed E-state index contributed by atoms with van der Waals surface area (Å²) in [6.45, 7) is 2.05. The van der Waals surface area contributed by atoms with Crippen molar-refractivity contribution in [2.75, 3.05) is 17.2 Å². The van der Waals surface area contributed by atoms with Gasteiger partial charge >= 0.3 is 12.2 Å². The van der Waals surface area contributed by atoms with E-state index in [1.54, 1.807) is 18.3 Å². The number of benzene rings is 2. The third-order valence-electron chi connectivity index (χ3n) is 5.06. The summed E-state index contributed by atoms with van der Waals surface area (Å²) in [4.78, 5) is 27.3. The van der Waals surface area contributed by atoms with Crippen LogP contribution in [0, 0.1) is 6.92 Å². The lowest BCUT2D eigenvalue weighted by Crippen LogP contribution is -2.15. The maximum Gasteiger partial charge on any atom is 0.411 e. The predicted molar refractivity (Wildman–Crippen MR) is 131 cm³/mol. The molecule has 0 fully saturated rings. The summed E-state index contributed by atoms with van der Waals surface area (Å²) >= 11 is 0. The van der Waals surface area contributed by atoms with Gasteiger partial charge < -0.3 is 9.84 Å². The van der Waals surface area contributed by atoms with E-state index in [-0.39, 0.29) is 6.61 Å². The van der Waals surface area contributed by atoms with Gasteiger partial charge in [-0.05, 0) is 60.5 Å². The molecule has 9 heteroatoms. The van der Waals surface area contributed by atoms with Gasteiger partial charge in [0.1, 0.15) is 0 Å². The molecule has 0 aliphatic carbocycles. The van der Waals surface area contributed by atoms with Gasteiger partial charge in [-0.25, -0.2) is 9.59 Å². The second-order valence-corrected chi connectivity index (χ2v) is 7.54. The Morgan fingerprint density at radius 2 is 1.97 bits per heavy atom. The molecule has 0 atom stereocenters. The smallest absolute Gasteiger partial charge is 0.411 e. The number of aromatic nitrogens is 3. The number of carbonyl (C=O) groups is 2. The van der Waals surface area contributed by atoms with Gasteiger partial charge in [0.2, 0.25) is 0 Å². The molecule has 2 amide bonds. The fraction of sp³-hybridized carbons (Fsp3) is 0.120. The van der Waals surface area contributed by atoms with Crippen LogP contribution in [-0.2, 0) is 11.2 Å². The first kappa shape index (κ1) is 22.5. The van der Waals surface area contributed by atoms with Crippen molar-refractivity contribution < 1.29 is 19.4 Å². The van der Waals surface area contributed by atoms with E-state index in [0.717, 1.165) is 27.7 Å². The largest absolute Gasteiger partial charge is 0.465 e. The maximum atomic E-state index is 12.1. The Hall–Kier alpha value is -4.66. The first-order valence-corrected chi connectivity index (χ1v) is 10.6. The molecule has 0 bridgehead atoms. The molecule has 2 aromatic heterocycles. The van der Waals surface area contributed by atoms with Crippen LogP contribution >= 0.6 is 0 Å². The summed E-state index contributed by atoms with van der Waals surface area (Å²) in [5, 5.41) is 22.2. The maximum absolute atomic E-state index is 12.1. The molecule has 0 aliphatic rings. The number of aryl methyl sites for hydroxylation is 1. The molecular weight excluding hydrogens is 434 g/mol. The number of fused-ring (bicyclic) bond motifs is 1. The Kier molecular flexibility index (Phi) is 6.83. The van der Waals surface area contributed by atoms with Crippen molar-refractivity contribution in [3.63, 3.8) is 0 Å². The monoisotopic (exact) mass is 457 g/mol. The molecule has 34 heavy (non-hydrogen) atoms. The van der Waals surface area contributed by atoms with Crippen LogP contribution in [0.4, 0.5) is 21.0 Å². The number of hydrogen-bond donors (Lipinski definition) is 4. The average Bonchev–Trinajstić information content (AvgIpc) is 3.20. The fourth-order valence-electron chi connectivity index (χ4n) is 3.41. The zero-order valence-electron chi connectivity index (χ0n) is 18.4. The molecule has 2 heterocycles. The number of nitrogens with one attached hydrogen (secondary N) is 3. The molecule has 2 aromatic carbocycles. The van der Waals surface area contributed by atoms with Crippen LogP contribution in [0.5, 0.6) is 0 Å². The topological polar surface area (TPSA) is 129 Å². The van der Waals surface area contributed by atoms with Crippen LogP contribution in [-0.4, -0.2) is 39.1 Å². The van der Waals surface area contributed by atoms with Gasteiger partial charge in [0.25, 0.3) is 0 Å². The highest BCUT2D eigenvalue weighted by Crippen LogP contribution is 2.26. The highest BCUT2D eigenvalue weighted by atomic mass is 16.5. The third kappa shape index (κ3) is 5.77. The lowest BCUT2D eigenvalue weighted by atomic mass is 10.1. The van der Waals surface area contributed by atoms with Crippen LogP contribution in [0.1, 0.15) is 22.5 Å². The molecule has 172 valence electrons. The molecule has 0 saturated carbocycles. The Morgan fingerprint density at radius 3 is 2.76 bits per heavy atom. The van der Waals surface area contributed by atoms with Gasteiger partial charge in [-0.15, -0.1) is 0 Å². The molecule has 9 nitrogen and oxygen atoms in total. The normalized spacial score (nSPS) is 11.0. The summed E-state index contributed by atoms with van der Waals surface area (Å²) in [5.41, 5.74) is 5.06. The number of hydrogen-bond acceptors (Lipinski definition) is 5. The highest BCUT2D eigenvalue weighted by Gasteiger charge is 2.09. The van der Waals surface area contributed by atoms with E-state index in [9.17, 15) is 9.59 Å². The van der Waals surface area contributed by atoms with E-state index in [1.807, 2.05) is 61.5 Å². The molecule has 0 saturated heterocycles. The van der Waals surface area contributed by atoms with E-state index in [1.165, 1.54) is 0 Å². The van der Waals surface area contributed by atoms with E-state index < -0.39 is 12.2 Å². The Balaban J connectivity index is 1.41. The van der Waals surface area contributed by atoms with Gasteiger partial charge in [0.15, 0.2) is 0 Å². The van der Waals surface area contributed by atoms with Gasteiger partial charge in [0, 0.05) is 35.1 Å². The molecule has 4 N–H and O–H groups in total. The average molecular weight is 457 g/mol. The second kappa shape index (κ2) is 10.3. The number of ether oxygens (including phenoxy) is 1. The number of carbonyl (C=O) groups excluding carboxylic acids is 1. The van der Waals surface area contributed by atoms with Gasteiger partial charge in [-0.2, -0.15) is 5.10 Å². The molecule has 4 rings (SSSR count). The fourth-order valence-corrected chi connectivity index (χ4v) is 3.41. The highest BCUT2D eigenvalue weighted by molar-refractivity contribution is 5.95. The first-order valence-electron chi connectivity index (χ1n) is 10.6. The Morgan fingerprint density at radius 1 is 1.09 bits per heavy atom. The Bertz CT molecular complexity index is 1350. The predicted octanol–water partition coefficient (Wildman–Crippen LogP) is 5.32. The third-order valence-corrected chi connectivity index (χ3v) is 5.06. The van der Waals surface area contributed by atoms with E-state index in [4.69, 9.17) is 9.84 Å². The quantitative estimate of drug-likeness (QED) is 0.297. The lowest BCUT2D eigenvalue weighted by molar-refractivity contribution is 0.162. The minimum atomic E-state index is -1.12. The van der Waals surface area contributed by atoms with Crippen molar-refractivity contribution >= 4 is 46.6 Å². The number of H-pyrrole nitrogens is 1. The number of pyridine rings is 1. The van der Waals surface area contributed by atoms with E-state index in [2.05, 4.69) is 25.8 Å². The number of amides is 2. The van der Waals surface area contributed by atoms with Crippen LogP contribution in [0.15, 0.2) is 60.8 Å². The number of anilines is 2. The zero-order valence-corrected chi connectivity index (χ0v) is 18.4. The van der Waals surface area contributed by atoms with Crippen LogP contribution < -0.4 is 10.6 Å². The molecule has 4 aromatic rings. The minimum Gasteiger partial charge on any atom is -0.465 e. The van der Waals surface area contributed by atoms with Crippen LogP contribution in [0.3, 0.4) is 0 Å². The standard InChI is InChI=1S/C25H23N5O4/c1-16-13-23-20(15-22(16)28-24(31)32)21(29-30-23)9-8-17-5-4-7-19(14-17)27-25(33)34-12-10-18-6-2-3-11-26-18/h2-9,11,13-15,28H,10,12H2,1H3,(H,27,33)(H,29,30)(H,31,32)/b9-8+. The number of aromatic amines is 1. The van der Waals surface area contributed by atoms with E-state index in [0.29, 0.717) is 23.5 Å². The van der Waals surface area contributed by atoms with Gasteiger partial charge in [0.05, 0.1) is 17.8 Å². The minimum absolute atomic E-state index is 0.229. The molecule has 0 aliphatic heterocycles. The first-order chi connectivity index (χ1) is 16.5. The molecule has 0 unspecified atom stereocenters. The lowest BCUT2D eigenvalue weighted by Gasteiger charge is -2.07. The summed E-state index contributed by atoms with van der Waals surface area (Å²) in [5.74, 6) is 0. The molecule has 0 radical (unpaired) electrons. The SMILES string of the molecule is Cc1cc2[nH]nc(/C=C/c3cccc(NC(=O)OCCc4ccccn4)c3)c2cc1NC(=O)O. The summed E-state index contributed by atoms with van der Waals surface area (Å²) in [6.07, 6.45) is 4.26. The summed E-state index contributed by atoms with van der Waals surface area (Å²) < 4.78 is 5.24. The van der Waals surface area contributed by atoms with E-state index >= 15 is 0 Å². The Labute approximate surface area is 195 Å². The van der Waals surface area contributed by atoms with Crippen molar-refractivity contribution in [1.29, 1.82) is 0 Å². The number of carboxylic acid groups (broad SMARTS) is 1. The van der Waals surface area contributed by atoms with Gasteiger partial charge in [-0.1, -0.05) is 24.3 Å². The van der Waals surface area contributed by atoms with Crippen molar-refractivity contribution in [3.8, 4) is 0 Å². The second-order valence-electron chi connectivity index (χ2n) is 7.54.